The second-order valence-electron chi connectivity index (χ2n) is 3.63. The highest BCUT2D eigenvalue weighted by Crippen LogP contribution is 2.20. The summed E-state index contributed by atoms with van der Waals surface area (Å²) in [5.74, 6) is 0.949. The highest BCUT2D eigenvalue weighted by atomic mass is 32.2. The highest BCUT2D eigenvalue weighted by Gasteiger charge is 2.36. The summed E-state index contributed by atoms with van der Waals surface area (Å²) < 4.78 is 64.4. The van der Waals surface area contributed by atoms with E-state index < -0.39 is 15.6 Å². The van der Waals surface area contributed by atoms with Crippen molar-refractivity contribution in [2.24, 2.45) is 0 Å². The van der Waals surface area contributed by atoms with Gasteiger partial charge in [0.05, 0.1) is 6.61 Å². The molecule has 0 fully saturated rings. The number of halogens is 3. The number of ether oxygens (including phenoxy) is 1. The van der Waals surface area contributed by atoms with Crippen LogP contribution in [-0.2, 0) is 22.7 Å². The molecule has 1 rings (SSSR count). The third kappa shape index (κ3) is 8.28. The quantitative estimate of drug-likeness (QED) is 0.367. The number of rotatable bonds is 4. The molecule has 0 atom stereocenters. The van der Waals surface area contributed by atoms with Gasteiger partial charge in [0.15, 0.2) is 15.0 Å². The molecular formula is C11H15F3O4S2. The third-order valence-corrected chi connectivity index (χ3v) is 2.80. The van der Waals surface area contributed by atoms with E-state index in [9.17, 15) is 13.2 Å². The normalized spacial score (nSPS) is 11.5. The van der Waals surface area contributed by atoms with Crippen LogP contribution in [0.3, 0.4) is 0 Å². The molecule has 0 bridgehead atoms. The van der Waals surface area contributed by atoms with Crippen molar-refractivity contribution in [3.63, 3.8) is 0 Å². The van der Waals surface area contributed by atoms with E-state index in [4.69, 9.17) is 17.7 Å². The lowest BCUT2D eigenvalue weighted by Gasteiger charge is -2.08. The molecule has 0 spiro atoms. The summed E-state index contributed by atoms with van der Waals surface area (Å²) in [6, 6.07) is 7.91. The van der Waals surface area contributed by atoms with E-state index in [1.54, 1.807) is 0 Å². The molecule has 0 amide bonds. The topological polar surface area (TPSA) is 66.4 Å². The zero-order chi connectivity index (χ0) is 15.8. The summed E-state index contributed by atoms with van der Waals surface area (Å²) in [6.45, 7) is 2.97. The first kappa shape index (κ1) is 19.1. The minimum atomic E-state index is -6.09. The predicted molar refractivity (Wildman–Crippen MR) is 71.0 cm³/mol. The Balaban J connectivity index is 0.000000396. The van der Waals surface area contributed by atoms with Gasteiger partial charge in [-0.15, -0.1) is 0 Å². The van der Waals surface area contributed by atoms with Crippen molar-refractivity contribution in [1.82, 2.24) is 0 Å². The van der Waals surface area contributed by atoms with Gasteiger partial charge in [0.25, 0.3) is 0 Å². The maximum Gasteiger partial charge on any atom is 0.485 e. The van der Waals surface area contributed by atoms with Gasteiger partial charge in [-0.2, -0.15) is 13.2 Å². The predicted octanol–water partition coefficient (Wildman–Crippen LogP) is 2.29. The van der Waals surface area contributed by atoms with Crippen LogP contribution >= 0.6 is 0 Å². The Labute approximate surface area is 121 Å². The molecule has 1 aromatic rings. The number of unbranched alkanes of at least 4 members (excludes halogenated alkanes) is 1. The molecule has 0 aliphatic rings. The minimum absolute atomic E-state index is 0.817. The van der Waals surface area contributed by atoms with Crippen molar-refractivity contribution in [3.05, 3.63) is 24.3 Å². The smallest absolute Gasteiger partial charge is 0.485 e. The fourth-order valence-corrected chi connectivity index (χ4v) is 1.05. The van der Waals surface area contributed by atoms with Gasteiger partial charge in [0.1, 0.15) is 5.75 Å². The molecule has 0 heterocycles. The van der Waals surface area contributed by atoms with E-state index in [2.05, 4.69) is 19.6 Å². The van der Waals surface area contributed by atoms with E-state index in [1.807, 2.05) is 24.3 Å². The first-order valence-corrected chi connectivity index (χ1v) is 7.45. The zero-order valence-electron chi connectivity index (χ0n) is 10.6. The van der Waals surface area contributed by atoms with Crippen molar-refractivity contribution < 1.29 is 30.9 Å². The van der Waals surface area contributed by atoms with Crippen LogP contribution in [0.15, 0.2) is 29.2 Å². The molecule has 9 heteroatoms. The van der Waals surface area contributed by atoms with Crippen molar-refractivity contribution in [1.29, 1.82) is 0 Å². The summed E-state index contributed by atoms with van der Waals surface area (Å²) in [4.78, 5) is 1.08. The highest BCUT2D eigenvalue weighted by molar-refractivity contribution is 7.86. The maximum atomic E-state index is 10.7. The summed E-state index contributed by atoms with van der Waals surface area (Å²) >= 11 is 3.42. The maximum absolute atomic E-state index is 10.7. The van der Waals surface area contributed by atoms with E-state index in [0.717, 1.165) is 23.7 Å². The Morgan fingerprint density at radius 2 is 1.70 bits per heavy atom. The van der Waals surface area contributed by atoms with Gasteiger partial charge < -0.3 is 9.29 Å². The van der Waals surface area contributed by atoms with Crippen LogP contribution in [0, 0.1) is 0 Å². The molecule has 0 aliphatic carbocycles. The average molecular weight is 332 g/mol. The van der Waals surface area contributed by atoms with Crippen LogP contribution in [0.4, 0.5) is 13.2 Å². The van der Waals surface area contributed by atoms with Crippen LogP contribution in [0.1, 0.15) is 19.8 Å². The Morgan fingerprint density at radius 3 is 2.05 bits per heavy atom. The lowest BCUT2D eigenvalue weighted by Crippen LogP contribution is -2.21. The summed E-state index contributed by atoms with van der Waals surface area (Å²) in [5.41, 5.74) is -5.65. The van der Waals surface area contributed by atoms with Crippen molar-refractivity contribution in [2.75, 3.05) is 6.61 Å². The largest absolute Gasteiger partial charge is 0.741 e. The van der Waals surface area contributed by atoms with E-state index in [1.165, 1.54) is 6.42 Å². The van der Waals surface area contributed by atoms with Crippen molar-refractivity contribution in [3.8, 4) is 5.75 Å². The SMILES string of the molecule is CCCCOc1ccc([SH2+])cc1.O=S(=O)([O-])C(F)(F)F. The zero-order valence-corrected chi connectivity index (χ0v) is 12.4. The lowest BCUT2D eigenvalue weighted by molar-refractivity contribution is -0.0517. The second kappa shape index (κ2) is 8.38. The van der Waals surface area contributed by atoms with Crippen molar-refractivity contribution in [2.45, 2.75) is 30.2 Å². The Kier molecular flexibility index (Phi) is 7.99. The van der Waals surface area contributed by atoms with E-state index in [0.29, 0.717) is 0 Å². The fraction of sp³-hybridized carbons (Fsp3) is 0.455. The van der Waals surface area contributed by atoms with Crippen LogP contribution in [-0.4, -0.2) is 25.1 Å². The summed E-state index contributed by atoms with van der Waals surface area (Å²) in [5, 5.41) is 0. The first-order valence-electron chi connectivity index (χ1n) is 5.54. The molecule has 0 saturated heterocycles. The molecule has 0 aliphatic heterocycles. The van der Waals surface area contributed by atoms with Gasteiger partial charge in [0, 0.05) is 0 Å². The van der Waals surface area contributed by atoms with E-state index >= 15 is 0 Å². The molecule has 4 nitrogen and oxygen atoms in total. The van der Waals surface area contributed by atoms with Gasteiger partial charge in [-0.1, -0.05) is 13.3 Å². The number of benzene rings is 1. The van der Waals surface area contributed by atoms with Gasteiger partial charge in [-0.05, 0) is 43.3 Å². The van der Waals surface area contributed by atoms with Gasteiger partial charge in [-0.3, -0.25) is 0 Å². The van der Waals surface area contributed by atoms with E-state index in [-0.39, 0.29) is 0 Å². The molecule has 0 aromatic heterocycles. The Bertz CT molecular complexity index is 483. The lowest BCUT2D eigenvalue weighted by atomic mass is 10.3. The number of alkyl halides is 3. The summed E-state index contributed by atoms with van der Waals surface area (Å²) in [6.07, 6.45) is 2.30. The van der Waals surface area contributed by atoms with Crippen LogP contribution < -0.4 is 4.74 Å². The summed E-state index contributed by atoms with van der Waals surface area (Å²) in [7, 11) is -6.09. The third-order valence-electron chi connectivity index (χ3n) is 1.90. The average Bonchev–Trinajstić information content (AvgIpc) is 2.30. The molecule has 20 heavy (non-hydrogen) atoms. The molecule has 116 valence electrons. The van der Waals surface area contributed by atoms with Gasteiger partial charge in [-0.25, -0.2) is 8.42 Å². The Morgan fingerprint density at radius 1 is 1.25 bits per heavy atom. The Hall–Kier alpha value is -0.930. The van der Waals surface area contributed by atoms with Crippen LogP contribution in [0.25, 0.3) is 0 Å². The van der Waals surface area contributed by atoms with Crippen molar-refractivity contribution >= 4 is 22.7 Å². The molecule has 0 N–H and O–H groups in total. The molecule has 1 aromatic carbocycles. The molecule has 0 radical (unpaired) electrons. The van der Waals surface area contributed by atoms with Crippen LogP contribution in [0.5, 0.6) is 5.75 Å². The molecule has 0 unspecified atom stereocenters. The molecule has 0 saturated carbocycles. The number of hydrogen-bond donors (Lipinski definition) is 0. The minimum Gasteiger partial charge on any atom is -0.741 e. The fourth-order valence-electron chi connectivity index (χ4n) is 0.886. The van der Waals surface area contributed by atoms with Gasteiger partial charge in [0.2, 0.25) is 0 Å². The standard InChI is InChI=1S/C10H14OS.CHF3O3S/c1-2-3-8-11-9-4-6-10(12)7-5-9;2-1(3,4)8(5,6)7/h4-7,12H,2-3,8H2,1H3;(H,5,6,7). The first-order chi connectivity index (χ1) is 9.08. The monoisotopic (exact) mass is 332 g/mol. The second-order valence-corrected chi connectivity index (χ2v) is 5.57. The van der Waals surface area contributed by atoms with Gasteiger partial charge >= 0.3 is 5.51 Å². The van der Waals surface area contributed by atoms with Crippen LogP contribution in [0.2, 0.25) is 0 Å². The number of hydrogen-bond acceptors (Lipinski definition) is 4. The molecular weight excluding hydrogens is 317 g/mol.